The topological polar surface area (TPSA) is 259 Å². The number of hydrogen-bond acceptors (Lipinski definition) is 16. The molecule has 0 bridgehead atoms. The van der Waals surface area contributed by atoms with Crippen molar-refractivity contribution in [2.24, 2.45) is 5.11 Å². The normalized spacial score (nSPS) is 33.8. The van der Waals surface area contributed by atoms with Crippen molar-refractivity contribution >= 4 is 41.1 Å². The Morgan fingerprint density at radius 3 is 3.00 bits per heavy atom. The number of anilines is 1. The van der Waals surface area contributed by atoms with E-state index in [2.05, 4.69) is 48.0 Å². The molecule has 0 saturated carbocycles. The summed E-state index contributed by atoms with van der Waals surface area (Å²) in [5.41, 5.74) is 15.1. The summed E-state index contributed by atoms with van der Waals surface area (Å²) >= 11 is 0. The number of nitrogen functional groups attached to an aromatic ring is 1. The van der Waals surface area contributed by atoms with Gasteiger partial charge in [-0.25, -0.2) is 0 Å². The molecule has 5 rings (SSSR count). The van der Waals surface area contributed by atoms with E-state index >= 15 is 0 Å². The fourth-order valence-corrected chi connectivity index (χ4v) is 9.21. The van der Waals surface area contributed by atoms with Crippen LogP contribution < -0.4 is 5.73 Å². The Morgan fingerprint density at radius 1 is 1.38 bits per heavy atom. The number of imidazole rings is 1. The number of azide groups is 1. The van der Waals surface area contributed by atoms with E-state index < -0.39 is 42.6 Å². The summed E-state index contributed by atoms with van der Waals surface area (Å²) in [5, 5.41) is 3.34. The molecule has 0 amide bonds. The molecule has 3 aliphatic heterocycles. The first kappa shape index (κ1) is 24.0. The fourth-order valence-electron chi connectivity index (χ4n) is 3.30. The van der Waals surface area contributed by atoms with Crippen molar-refractivity contribution in [3.05, 3.63) is 23.1 Å². The fraction of sp³-hybridized carbons (Fsp3) is 0.545. The molecule has 1 spiro atoms. The van der Waals surface area contributed by atoms with Crippen LogP contribution in [0.1, 0.15) is 12.6 Å². The summed E-state index contributed by atoms with van der Waals surface area (Å²) in [5.74, 6) is 0.187. The zero-order valence-electron chi connectivity index (χ0n) is 16.6. The van der Waals surface area contributed by atoms with E-state index in [4.69, 9.17) is 29.6 Å². The van der Waals surface area contributed by atoms with Crippen LogP contribution in [0, 0.1) is 0 Å². The summed E-state index contributed by atoms with van der Waals surface area (Å²) in [6.07, 6.45) is 0.803. The third-order valence-corrected chi connectivity index (χ3v) is 10.5. The third-order valence-electron chi connectivity index (χ3n) is 4.68. The Balaban J connectivity index is 1.29. The molecular formula is C11H17N8O12P3. The summed E-state index contributed by atoms with van der Waals surface area (Å²) in [6, 6.07) is 0. The Hall–Kier alpha value is -1.69. The van der Waals surface area contributed by atoms with Crippen LogP contribution >= 0.6 is 24.2 Å². The van der Waals surface area contributed by atoms with Crippen molar-refractivity contribution in [1.82, 2.24) is 19.5 Å². The van der Waals surface area contributed by atoms with E-state index in [1.165, 1.54) is 12.7 Å². The molecule has 3 fully saturated rings. The van der Waals surface area contributed by atoms with Gasteiger partial charge in [0.05, 0.1) is 0 Å². The zero-order valence-corrected chi connectivity index (χ0v) is 19.5. The van der Waals surface area contributed by atoms with E-state index in [0.29, 0.717) is 11.2 Å². The van der Waals surface area contributed by atoms with Crippen molar-refractivity contribution in [2.45, 2.75) is 24.9 Å². The number of nitrogens with zero attached hydrogens (tertiary/aromatic N) is 7. The Morgan fingerprint density at radius 2 is 2.24 bits per heavy atom. The molecule has 2 aromatic rings. The van der Waals surface area contributed by atoms with Crippen LogP contribution in [0.25, 0.3) is 21.6 Å². The number of phosphoric acid groups is 1. The maximum absolute atomic E-state index is 11.4. The van der Waals surface area contributed by atoms with Crippen molar-refractivity contribution < 1.29 is 55.7 Å². The van der Waals surface area contributed by atoms with Gasteiger partial charge in [-0.15, -0.1) is 0 Å². The first-order valence-electron chi connectivity index (χ1n) is 9.27. The molecule has 5 heterocycles. The van der Waals surface area contributed by atoms with Gasteiger partial charge in [-0.1, -0.05) is 0 Å². The Kier molecular flexibility index (Phi) is 6.41. The predicted octanol–water partition coefficient (Wildman–Crippen LogP) is 1.23. The molecular weight excluding hydrogens is 529 g/mol. The van der Waals surface area contributed by atoms with Gasteiger partial charge in [-0.2, -0.15) is 0 Å². The third kappa shape index (κ3) is 4.72. The second kappa shape index (κ2) is 9.07. The summed E-state index contributed by atoms with van der Waals surface area (Å²) in [7, 11) is -13.5. The monoisotopic (exact) mass is 546 g/mol. The maximum atomic E-state index is 11.4. The van der Waals surface area contributed by atoms with E-state index in [9.17, 15) is 14.4 Å². The van der Waals surface area contributed by atoms with Crippen molar-refractivity contribution in [2.75, 3.05) is 19.1 Å². The second-order valence-electron chi connectivity index (χ2n) is 6.83. The van der Waals surface area contributed by atoms with Crippen LogP contribution in [0.5, 0.6) is 0 Å². The van der Waals surface area contributed by atoms with Crippen LogP contribution in [-0.4, -0.2) is 54.9 Å². The number of hydrogen-bond donors (Lipinski definition) is 3. The number of ether oxygens (including phenoxy) is 2. The minimum atomic E-state index is -4.59. The van der Waals surface area contributed by atoms with Crippen LogP contribution in [0.15, 0.2) is 17.8 Å². The van der Waals surface area contributed by atoms with Crippen molar-refractivity contribution in [3.63, 3.8) is 0 Å². The molecule has 4 atom stereocenters. The van der Waals surface area contributed by atoms with Gasteiger partial charge >= 0.3 is 188 Å². The minimum absolute atomic E-state index is 0.187. The van der Waals surface area contributed by atoms with Gasteiger partial charge < -0.3 is 0 Å². The van der Waals surface area contributed by atoms with E-state index in [-0.39, 0.29) is 25.6 Å². The summed E-state index contributed by atoms with van der Waals surface area (Å²) in [4.78, 5) is 34.6. The Bertz CT molecular complexity index is 1180. The first-order chi connectivity index (χ1) is 16.2. The molecule has 1 unspecified atom stereocenters. The van der Waals surface area contributed by atoms with Gasteiger partial charge in [-0.05, 0) is 0 Å². The van der Waals surface area contributed by atoms with Crippen molar-refractivity contribution in [3.8, 4) is 0 Å². The average molecular weight is 546 g/mol. The van der Waals surface area contributed by atoms with Gasteiger partial charge in [0.25, 0.3) is 0 Å². The SMILES string of the molecule is [N-]=[N+]=NCO[C@@H]1C[C@H](n2cnc3c(N)ncnc32)O[C@@H]1CO[PH]1(O)OO[PH]2(OOP(=O)(O)O2)O1. The van der Waals surface area contributed by atoms with Crippen LogP contribution in [0.2, 0.25) is 0 Å². The van der Waals surface area contributed by atoms with Crippen LogP contribution in [0.3, 0.4) is 0 Å². The van der Waals surface area contributed by atoms with E-state index in [1.807, 2.05) is 0 Å². The molecule has 188 valence electrons. The standard InChI is InChI=1S/C11H17N8O12P3/c12-10-9-11(15-3-14-10)19(4-16-9)8-1-6(23-5-17-18-13)7(25-8)2-24-33(22)27-29-34(31-33)28-26-32(20,21)30-34/h3-4,6-8,22,33-34H,1-2,5H2,(H,20,21)(H2,12,14,15)/t6-,7-,8-/m1/s1. The molecule has 0 aliphatic carbocycles. The number of aromatic nitrogens is 4. The molecule has 0 radical (unpaired) electrons. The second-order valence-corrected chi connectivity index (χ2v) is 12.3. The Labute approximate surface area is 189 Å². The molecule has 2 aromatic heterocycles. The van der Waals surface area contributed by atoms with Gasteiger partial charge in [0.1, 0.15) is 0 Å². The zero-order chi connectivity index (χ0) is 24.0. The molecule has 4 N–H and O–H groups in total. The number of nitrogens with two attached hydrogens (primary N) is 1. The first-order valence-corrected chi connectivity index (χ1v) is 14.1. The molecule has 3 aliphatic rings. The molecule has 3 saturated heterocycles. The van der Waals surface area contributed by atoms with Crippen molar-refractivity contribution in [1.29, 1.82) is 0 Å². The van der Waals surface area contributed by atoms with Gasteiger partial charge in [0.15, 0.2) is 0 Å². The van der Waals surface area contributed by atoms with E-state index in [0.717, 1.165) is 0 Å². The van der Waals surface area contributed by atoms with Gasteiger partial charge in [0.2, 0.25) is 0 Å². The average Bonchev–Trinajstić information content (AvgIpc) is 3.53. The van der Waals surface area contributed by atoms with Gasteiger partial charge in [-0.3, -0.25) is 0 Å². The quantitative estimate of drug-likeness (QED) is 0.145. The number of rotatable bonds is 7. The predicted molar refractivity (Wildman–Crippen MR) is 108 cm³/mol. The number of fused-ring (bicyclic) bond motifs is 1. The summed E-state index contributed by atoms with van der Waals surface area (Å²) in [6.45, 7) is -0.665. The molecule has 0 aromatic carbocycles. The van der Waals surface area contributed by atoms with Crippen LogP contribution in [-0.2, 0) is 45.9 Å². The van der Waals surface area contributed by atoms with Gasteiger partial charge in [0, 0.05) is 0 Å². The molecule has 34 heavy (non-hydrogen) atoms. The van der Waals surface area contributed by atoms with E-state index in [1.54, 1.807) is 4.57 Å². The molecule has 23 heteroatoms. The summed E-state index contributed by atoms with van der Waals surface area (Å²) < 4.78 is 57.4. The molecule has 20 nitrogen and oxygen atoms in total. The van der Waals surface area contributed by atoms with Crippen LogP contribution in [0.4, 0.5) is 5.82 Å².